The smallest absolute Gasteiger partial charge is 0.123 e. The first-order chi connectivity index (χ1) is 7.30. The van der Waals surface area contributed by atoms with Gasteiger partial charge in [-0.05, 0) is 30.5 Å². The van der Waals surface area contributed by atoms with Crippen LogP contribution in [0.1, 0.15) is 17.9 Å². The van der Waals surface area contributed by atoms with Crippen molar-refractivity contribution in [3.05, 3.63) is 23.8 Å². The molecule has 2 unspecified atom stereocenters. The Kier molecular flexibility index (Phi) is 2.62. The monoisotopic (exact) mass is 206 g/mol. The van der Waals surface area contributed by atoms with Crippen LogP contribution < -0.4 is 9.47 Å². The van der Waals surface area contributed by atoms with Gasteiger partial charge in [0, 0.05) is 11.5 Å². The van der Waals surface area contributed by atoms with Crippen LogP contribution in [0.3, 0.4) is 0 Å². The van der Waals surface area contributed by atoms with Gasteiger partial charge in [0.05, 0.1) is 14.2 Å². The molecule has 0 aromatic heterocycles. The van der Waals surface area contributed by atoms with Crippen LogP contribution in [0.4, 0.5) is 0 Å². The summed E-state index contributed by atoms with van der Waals surface area (Å²) in [5.74, 6) is 2.12. The average molecular weight is 206 g/mol. The number of rotatable bonds is 4. The van der Waals surface area contributed by atoms with E-state index in [0.29, 0.717) is 5.92 Å². The fraction of sp³-hybridized carbons (Fsp3) is 0.417. The van der Waals surface area contributed by atoms with Gasteiger partial charge in [0.1, 0.15) is 17.8 Å². The first kappa shape index (κ1) is 10.0. The van der Waals surface area contributed by atoms with Gasteiger partial charge >= 0.3 is 0 Å². The van der Waals surface area contributed by atoms with E-state index >= 15 is 0 Å². The number of aldehydes is 1. The van der Waals surface area contributed by atoms with E-state index in [9.17, 15) is 4.79 Å². The van der Waals surface area contributed by atoms with Gasteiger partial charge < -0.3 is 14.3 Å². The minimum atomic E-state index is 0.158. The van der Waals surface area contributed by atoms with Gasteiger partial charge in [-0.15, -0.1) is 0 Å². The van der Waals surface area contributed by atoms with Crippen molar-refractivity contribution in [2.24, 2.45) is 5.92 Å². The second-order valence-corrected chi connectivity index (χ2v) is 3.75. The molecule has 1 aromatic rings. The highest BCUT2D eigenvalue weighted by atomic mass is 16.5. The van der Waals surface area contributed by atoms with Gasteiger partial charge in [-0.3, -0.25) is 0 Å². The summed E-state index contributed by atoms with van der Waals surface area (Å²) < 4.78 is 10.4. The van der Waals surface area contributed by atoms with Crippen molar-refractivity contribution < 1.29 is 14.3 Å². The van der Waals surface area contributed by atoms with E-state index in [1.54, 1.807) is 14.2 Å². The lowest BCUT2D eigenvalue weighted by Crippen LogP contribution is -1.93. The summed E-state index contributed by atoms with van der Waals surface area (Å²) >= 11 is 0. The fourth-order valence-corrected chi connectivity index (χ4v) is 1.85. The number of carbonyl (C=O) groups excluding carboxylic acids is 1. The zero-order valence-corrected chi connectivity index (χ0v) is 8.90. The maximum Gasteiger partial charge on any atom is 0.123 e. The second kappa shape index (κ2) is 3.93. The van der Waals surface area contributed by atoms with Crippen molar-refractivity contribution in [1.29, 1.82) is 0 Å². The second-order valence-electron chi connectivity index (χ2n) is 3.75. The topological polar surface area (TPSA) is 35.5 Å². The molecular formula is C12H14O3. The third-order valence-electron chi connectivity index (χ3n) is 2.85. The van der Waals surface area contributed by atoms with Crippen molar-refractivity contribution in [2.45, 2.75) is 12.3 Å². The molecular weight excluding hydrogens is 192 g/mol. The van der Waals surface area contributed by atoms with Crippen molar-refractivity contribution in [3.63, 3.8) is 0 Å². The van der Waals surface area contributed by atoms with Gasteiger partial charge in [-0.1, -0.05) is 0 Å². The van der Waals surface area contributed by atoms with Crippen LogP contribution >= 0.6 is 0 Å². The molecule has 1 saturated carbocycles. The molecule has 3 heteroatoms. The van der Waals surface area contributed by atoms with Crippen LogP contribution in [-0.4, -0.2) is 20.5 Å². The lowest BCUT2D eigenvalue weighted by atomic mass is 10.1. The number of hydrogen-bond donors (Lipinski definition) is 0. The summed E-state index contributed by atoms with van der Waals surface area (Å²) in [5.41, 5.74) is 1.08. The Labute approximate surface area is 89.0 Å². The van der Waals surface area contributed by atoms with Crippen molar-refractivity contribution in [3.8, 4) is 11.5 Å². The van der Waals surface area contributed by atoms with Crippen LogP contribution in [0.2, 0.25) is 0 Å². The zero-order valence-electron chi connectivity index (χ0n) is 8.90. The van der Waals surface area contributed by atoms with E-state index in [1.807, 2.05) is 18.2 Å². The number of carbonyl (C=O) groups is 1. The predicted molar refractivity (Wildman–Crippen MR) is 56.5 cm³/mol. The molecule has 0 amide bonds. The molecule has 1 aromatic carbocycles. The van der Waals surface area contributed by atoms with Gasteiger partial charge in [0.25, 0.3) is 0 Å². The van der Waals surface area contributed by atoms with E-state index in [-0.39, 0.29) is 5.92 Å². The van der Waals surface area contributed by atoms with Crippen molar-refractivity contribution in [2.75, 3.05) is 14.2 Å². The lowest BCUT2D eigenvalue weighted by molar-refractivity contribution is -0.108. The zero-order chi connectivity index (χ0) is 10.8. The normalized spacial score (nSPS) is 23.3. The molecule has 0 N–H and O–H groups in total. The van der Waals surface area contributed by atoms with Gasteiger partial charge in [-0.2, -0.15) is 0 Å². The summed E-state index contributed by atoms with van der Waals surface area (Å²) in [6, 6.07) is 5.70. The number of hydrogen-bond acceptors (Lipinski definition) is 3. The molecule has 0 heterocycles. The van der Waals surface area contributed by atoms with Crippen molar-refractivity contribution >= 4 is 6.29 Å². The van der Waals surface area contributed by atoms with E-state index in [2.05, 4.69) is 0 Å². The fourth-order valence-electron chi connectivity index (χ4n) is 1.85. The Morgan fingerprint density at radius 3 is 2.67 bits per heavy atom. The van der Waals surface area contributed by atoms with Crippen LogP contribution in [0, 0.1) is 5.92 Å². The first-order valence-corrected chi connectivity index (χ1v) is 4.97. The van der Waals surface area contributed by atoms with Gasteiger partial charge in [0.15, 0.2) is 0 Å². The summed E-state index contributed by atoms with van der Waals surface area (Å²) in [6.07, 6.45) is 1.94. The van der Waals surface area contributed by atoms with E-state index in [0.717, 1.165) is 29.8 Å². The Balaban J connectivity index is 2.30. The standard InChI is InChI=1S/C12H14O3/c1-14-9-3-4-12(15-2)11(6-9)10-5-8(10)7-13/h3-4,6-8,10H,5H2,1-2H3. The molecule has 0 spiro atoms. The van der Waals surface area contributed by atoms with E-state index < -0.39 is 0 Å². The largest absolute Gasteiger partial charge is 0.497 e. The van der Waals surface area contributed by atoms with Crippen LogP contribution in [-0.2, 0) is 4.79 Å². The Bertz CT molecular complexity index is 373. The summed E-state index contributed by atoms with van der Waals surface area (Å²) in [6.45, 7) is 0. The summed E-state index contributed by atoms with van der Waals surface area (Å²) in [5, 5.41) is 0. The molecule has 0 bridgehead atoms. The Morgan fingerprint density at radius 1 is 1.33 bits per heavy atom. The maximum atomic E-state index is 10.6. The minimum absolute atomic E-state index is 0.158. The molecule has 0 radical (unpaired) electrons. The van der Waals surface area contributed by atoms with Crippen LogP contribution in [0.5, 0.6) is 11.5 Å². The Hall–Kier alpha value is -1.51. The first-order valence-electron chi connectivity index (χ1n) is 4.97. The third-order valence-corrected chi connectivity index (χ3v) is 2.85. The molecule has 1 fully saturated rings. The molecule has 3 nitrogen and oxygen atoms in total. The highest BCUT2D eigenvalue weighted by Gasteiger charge is 2.39. The number of benzene rings is 1. The third kappa shape index (κ3) is 1.82. The molecule has 1 aliphatic rings. The highest BCUT2D eigenvalue weighted by Crippen LogP contribution is 2.49. The number of methoxy groups -OCH3 is 2. The van der Waals surface area contributed by atoms with E-state index in [4.69, 9.17) is 9.47 Å². The summed E-state index contributed by atoms with van der Waals surface area (Å²) in [4.78, 5) is 10.6. The lowest BCUT2D eigenvalue weighted by Gasteiger charge is -2.09. The molecule has 2 rings (SSSR count). The van der Waals surface area contributed by atoms with Gasteiger partial charge in [0.2, 0.25) is 0 Å². The summed E-state index contributed by atoms with van der Waals surface area (Å²) in [7, 11) is 3.28. The molecule has 0 saturated heterocycles. The quantitative estimate of drug-likeness (QED) is 0.707. The van der Waals surface area contributed by atoms with E-state index in [1.165, 1.54) is 0 Å². The molecule has 1 aliphatic carbocycles. The predicted octanol–water partition coefficient (Wildman–Crippen LogP) is 2.01. The SMILES string of the molecule is COc1ccc(OC)c(C2CC2C=O)c1. The van der Waals surface area contributed by atoms with Crippen molar-refractivity contribution in [1.82, 2.24) is 0 Å². The maximum absolute atomic E-state index is 10.6. The highest BCUT2D eigenvalue weighted by molar-refractivity contribution is 5.63. The molecule has 80 valence electrons. The number of ether oxygens (including phenoxy) is 2. The minimum Gasteiger partial charge on any atom is -0.497 e. The molecule has 2 atom stereocenters. The molecule has 0 aliphatic heterocycles. The average Bonchev–Trinajstić information content (AvgIpc) is 3.07. The van der Waals surface area contributed by atoms with Gasteiger partial charge in [-0.25, -0.2) is 0 Å². The van der Waals surface area contributed by atoms with Crippen LogP contribution in [0.25, 0.3) is 0 Å². The molecule has 15 heavy (non-hydrogen) atoms. The Morgan fingerprint density at radius 2 is 2.13 bits per heavy atom. The van der Waals surface area contributed by atoms with Crippen LogP contribution in [0.15, 0.2) is 18.2 Å².